The molecule has 162 valence electrons. The monoisotopic (exact) mass is 425 g/mol. The first-order valence-corrected chi connectivity index (χ1v) is 10.8. The molecule has 0 aromatic heterocycles. The van der Waals surface area contributed by atoms with Crippen molar-refractivity contribution in [1.82, 2.24) is 0 Å². The molecule has 0 heterocycles. The number of carbonyl (C=O) groups excluding carboxylic acids is 2. The van der Waals surface area contributed by atoms with Gasteiger partial charge in [-0.05, 0) is 37.3 Å². The zero-order valence-corrected chi connectivity index (χ0v) is 18.9. The lowest BCUT2D eigenvalue weighted by atomic mass is 9.76. The second kappa shape index (κ2) is 14.1. The topological polar surface area (TPSA) is 78.9 Å². The first-order chi connectivity index (χ1) is 14.1. The molecular weight excluding hydrogens is 391 g/mol. The molecule has 2 rings (SSSR count). The molecule has 1 aliphatic rings. The number of benzene rings is 1. The molecule has 1 aromatic rings. The van der Waals surface area contributed by atoms with Crippen molar-refractivity contribution < 1.29 is 28.4 Å². The predicted octanol–water partition coefficient (Wildman–Crippen LogP) is 5.02. The van der Waals surface area contributed by atoms with Gasteiger partial charge >= 0.3 is 15.1 Å². The number of unbranched alkanes of at least 4 members (excludes halogenated alkanes) is 2. The van der Waals surface area contributed by atoms with Gasteiger partial charge in [-0.1, -0.05) is 49.7 Å². The normalized spacial score (nSPS) is 14.9. The highest BCUT2D eigenvalue weighted by molar-refractivity contribution is 7.00. The van der Waals surface area contributed by atoms with Gasteiger partial charge in [0.15, 0.2) is 5.78 Å². The predicted molar refractivity (Wildman–Crippen MR) is 115 cm³/mol. The summed E-state index contributed by atoms with van der Waals surface area (Å²) in [4.78, 5) is 26.4. The highest BCUT2D eigenvalue weighted by Gasteiger charge is 2.39. The third-order valence-corrected chi connectivity index (χ3v) is 5.32. The summed E-state index contributed by atoms with van der Waals surface area (Å²) in [7, 11) is 4.20. The Morgan fingerprint density at radius 1 is 1.03 bits per heavy atom. The summed E-state index contributed by atoms with van der Waals surface area (Å²) in [6.45, 7) is 2.47. The number of Topliss-reactive ketones (excluding diaryl/α,β-unsaturated/α-hetero) is 1. The molecule has 1 aliphatic carbocycles. The average Bonchev–Trinajstić information content (AvgIpc) is 2.78. The van der Waals surface area contributed by atoms with Crippen LogP contribution in [-0.4, -0.2) is 32.6 Å². The summed E-state index contributed by atoms with van der Waals surface area (Å²) in [6, 6.07) is 5.22. The van der Waals surface area contributed by atoms with Gasteiger partial charge in [-0.25, -0.2) is 0 Å². The molecule has 6 nitrogen and oxygen atoms in total. The highest BCUT2D eigenvalue weighted by atomic mass is 31.0. The Kier molecular flexibility index (Phi) is 12.2. The van der Waals surface area contributed by atoms with E-state index in [4.69, 9.17) is 18.8 Å². The summed E-state index contributed by atoms with van der Waals surface area (Å²) >= 11 is 0. The van der Waals surface area contributed by atoms with Gasteiger partial charge in [0, 0.05) is 0 Å². The van der Waals surface area contributed by atoms with Gasteiger partial charge in [-0.3, -0.25) is 9.59 Å². The van der Waals surface area contributed by atoms with Crippen LogP contribution in [0.4, 0.5) is 0 Å². The van der Waals surface area contributed by atoms with Gasteiger partial charge in [0.05, 0.1) is 20.8 Å². The summed E-state index contributed by atoms with van der Waals surface area (Å²) in [5.74, 6) is -0.581. The van der Waals surface area contributed by atoms with E-state index >= 15 is 0 Å². The van der Waals surface area contributed by atoms with Crippen molar-refractivity contribution >= 4 is 20.9 Å². The molecular formula is C22H34O6P+. The Hall–Kier alpha value is -1.94. The lowest BCUT2D eigenvalue weighted by Crippen LogP contribution is -2.35. The van der Waals surface area contributed by atoms with Crippen LogP contribution in [0.2, 0.25) is 0 Å². The summed E-state index contributed by atoms with van der Waals surface area (Å²) in [5, 5.41) is 0. The molecule has 0 saturated heterocycles. The summed E-state index contributed by atoms with van der Waals surface area (Å²) in [6.07, 6.45) is 7.88. The van der Waals surface area contributed by atoms with Gasteiger partial charge in [-0.15, -0.1) is 0 Å². The maximum absolute atomic E-state index is 13.5. The molecule has 0 bridgehead atoms. The second-order valence-electron chi connectivity index (χ2n) is 7.15. The van der Waals surface area contributed by atoms with Crippen molar-refractivity contribution in [2.45, 2.75) is 58.3 Å². The van der Waals surface area contributed by atoms with Gasteiger partial charge in [0.25, 0.3) is 0 Å². The Labute approximate surface area is 175 Å². The van der Waals surface area contributed by atoms with Crippen LogP contribution in [0.5, 0.6) is 11.5 Å². The maximum Gasteiger partial charge on any atom is 0.317 e. The minimum Gasteiger partial charge on any atom is -0.496 e. The quantitative estimate of drug-likeness (QED) is 0.172. The number of methoxy groups -OCH3 is 2. The zero-order chi connectivity index (χ0) is 21.6. The van der Waals surface area contributed by atoms with Gasteiger partial charge < -0.3 is 14.2 Å². The highest BCUT2D eigenvalue weighted by Crippen LogP contribution is 2.37. The number of hydrogen-bond acceptors (Lipinski definition) is 6. The van der Waals surface area contributed by atoms with E-state index < -0.39 is 11.9 Å². The third-order valence-electron chi connectivity index (χ3n) is 5.32. The van der Waals surface area contributed by atoms with Crippen molar-refractivity contribution in [3.63, 3.8) is 0 Å². The van der Waals surface area contributed by atoms with Crippen molar-refractivity contribution in [2.75, 3.05) is 20.8 Å². The molecule has 2 unspecified atom stereocenters. The largest absolute Gasteiger partial charge is 0.496 e. The molecule has 1 aromatic carbocycles. The van der Waals surface area contributed by atoms with Crippen LogP contribution in [0, 0.1) is 11.8 Å². The fourth-order valence-corrected chi connectivity index (χ4v) is 3.85. The van der Waals surface area contributed by atoms with Gasteiger partial charge in [-0.2, -0.15) is 0 Å². The Morgan fingerprint density at radius 3 is 2.14 bits per heavy atom. The zero-order valence-electron chi connectivity index (χ0n) is 17.8. The number of rotatable bonds is 10. The number of ether oxygens (including phenoxy) is 3. The van der Waals surface area contributed by atoms with Crippen LogP contribution in [0.1, 0.15) is 68.6 Å². The van der Waals surface area contributed by atoms with E-state index in [1.165, 1.54) is 23.3 Å². The van der Waals surface area contributed by atoms with E-state index in [0.29, 0.717) is 23.7 Å². The molecule has 0 radical (unpaired) electrons. The van der Waals surface area contributed by atoms with Crippen LogP contribution < -0.4 is 9.47 Å². The Morgan fingerprint density at radius 2 is 1.62 bits per heavy atom. The summed E-state index contributed by atoms with van der Waals surface area (Å²) < 4.78 is 24.4. The van der Waals surface area contributed by atoms with E-state index in [1.54, 1.807) is 18.2 Å². The standard InChI is InChI=1S/C22H32O5.H2OP/c1-4-5-9-15-27-22(24)19(16-11-7-6-8-12-16)21(23)20-17(25-2)13-10-14-18(20)26-3;1-2/h10,13-14,16,19H,4-9,11-12,15H2,1-3H3;2H2/q;+1. The van der Waals surface area contributed by atoms with Gasteiger partial charge in [0.2, 0.25) is 0 Å². The van der Waals surface area contributed by atoms with Crippen molar-refractivity contribution in [1.29, 1.82) is 0 Å². The van der Waals surface area contributed by atoms with E-state index in [9.17, 15) is 9.59 Å². The minimum absolute atomic E-state index is 0.0135. The first-order valence-electron chi connectivity index (χ1n) is 10.3. The van der Waals surface area contributed by atoms with Crippen LogP contribution in [-0.2, 0) is 14.1 Å². The van der Waals surface area contributed by atoms with Gasteiger partial charge in [0.1, 0.15) is 23.0 Å². The minimum atomic E-state index is -0.794. The molecule has 0 amide bonds. The lowest BCUT2D eigenvalue weighted by Gasteiger charge is -2.28. The average molecular weight is 425 g/mol. The van der Waals surface area contributed by atoms with Crippen LogP contribution in [0.25, 0.3) is 0 Å². The van der Waals surface area contributed by atoms with Crippen molar-refractivity contribution in [2.24, 2.45) is 11.8 Å². The summed E-state index contributed by atoms with van der Waals surface area (Å²) in [5.41, 5.74) is 0.337. The number of hydrogen-bond donors (Lipinski definition) is 0. The van der Waals surface area contributed by atoms with E-state index in [2.05, 4.69) is 6.92 Å². The van der Waals surface area contributed by atoms with E-state index in [1.807, 2.05) is 0 Å². The molecule has 1 fully saturated rings. The molecule has 0 N–H and O–H groups in total. The van der Waals surface area contributed by atoms with E-state index in [-0.39, 0.29) is 11.7 Å². The fraction of sp³-hybridized carbons (Fsp3) is 0.636. The van der Waals surface area contributed by atoms with Crippen LogP contribution in [0.3, 0.4) is 0 Å². The van der Waals surface area contributed by atoms with Crippen LogP contribution >= 0.6 is 9.12 Å². The molecule has 2 atom stereocenters. The first kappa shape index (κ1) is 25.1. The van der Waals surface area contributed by atoms with E-state index in [0.717, 1.165) is 51.4 Å². The molecule has 29 heavy (non-hydrogen) atoms. The number of esters is 1. The second-order valence-corrected chi connectivity index (χ2v) is 7.15. The SMILES string of the molecule is CCCCCOC(=O)C(C(=O)c1c(OC)cccc1OC)C1CCCCC1.O=[PH2+]. The van der Waals surface area contributed by atoms with Crippen LogP contribution in [0.15, 0.2) is 18.2 Å². The molecule has 7 heteroatoms. The van der Waals surface area contributed by atoms with Crippen molar-refractivity contribution in [3.8, 4) is 11.5 Å². The molecule has 0 aliphatic heterocycles. The molecule has 1 saturated carbocycles. The smallest absolute Gasteiger partial charge is 0.317 e. The third kappa shape index (κ3) is 7.11. The maximum atomic E-state index is 13.5. The fourth-order valence-electron chi connectivity index (χ4n) is 3.85. The lowest BCUT2D eigenvalue weighted by molar-refractivity contribution is -0.149. The van der Waals surface area contributed by atoms with Crippen molar-refractivity contribution in [3.05, 3.63) is 23.8 Å². The Bertz CT molecular complexity index is 620. The number of ketones is 1. The Balaban J connectivity index is 0.00000204. The number of carbonyl (C=O) groups is 2. The molecule has 0 spiro atoms.